The van der Waals surface area contributed by atoms with Gasteiger partial charge in [-0.2, -0.15) is 0 Å². The van der Waals surface area contributed by atoms with Gasteiger partial charge in [-0.15, -0.1) is 10.2 Å². The summed E-state index contributed by atoms with van der Waals surface area (Å²) in [7, 11) is 0. The fraction of sp³-hybridized carbons (Fsp3) is 0.524. The Morgan fingerprint density at radius 3 is 2.45 bits per heavy atom. The van der Waals surface area contributed by atoms with Gasteiger partial charge in [-0.25, -0.2) is 0 Å². The molecule has 0 spiro atoms. The van der Waals surface area contributed by atoms with Crippen LogP contribution in [-0.2, 0) is 9.59 Å². The highest BCUT2D eigenvalue weighted by Gasteiger charge is 2.21. The van der Waals surface area contributed by atoms with Crippen molar-refractivity contribution in [2.75, 3.05) is 17.6 Å². The molecule has 0 bridgehead atoms. The van der Waals surface area contributed by atoms with Gasteiger partial charge >= 0.3 is 0 Å². The zero-order valence-electron chi connectivity index (χ0n) is 17.3. The molecule has 2 N–H and O–H groups in total. The minimum atomic E-state index is -0.234. The van der Waals surface area contributed by atoms with Gasteiger partial charge in [0.05, 0.1) is 12.3 Å². The highest BCUT2D eigenvalue weighted by Crippen LogP contribution is 2.32. The van der Waals surface area contributed by atoms with Crippen LogP contribution in [0.4, 0.5) is 5.69 Å². The average molecular weight is 416 g/mol. The van der Waals surface area contributed by atoms with E-state index in [0.29, 0.717) is 6.04 Å². The van der Waals surface area contributed by atoms with E-state index >= 15 is 0 Å². The number of nitrogens with one attached hydrogen (secondary N) is 2. The zero-order valence-corrected chi connectivity index (χ0v) is 18.1. The highest BCUT2D eigenvalue weighted by molar-refractivity contribution is 7.99. The molecule has 1 aromatic carbocycles. The molecule has 0 saturated heterocycles. The molecule has 7 nitrogen and oxygen atoms in total. The molecule has 1 aliphatic rings. The van der Waals surface area contributed by atoms with Crippen molar-refractivity contribution in [2.24, 2.45) is 0 Å². The van der Waals surface area contributed by atoms with E-state index in [1.165, 1.54) is 31.0 Å². The van der Waals surface area contributed by atoms with E-state index in [2.05, 4.69) is 25.4 Å². The van der Waals surface area contributed by atoms with Crippen LogP contribution in [-0.4, -0.2) is 38.9 Å². The monoisotopic (exact) mass is 415 g/mol. The maximum atomic E-state index is 12.2. The molecular formula is C21H29N5O2S. The number of carbonyl (C=O) groups is 2. The van der Waals surface area contributed by atoms with Gasteiger partial charge in [0.15, 0.2) is 5.16 Å². The zero-order chi connectivity index (χ0) is 20.8. The summed E-state index contributed by atoms with van der Waals surface area (Å²) in [6, 6.07) is 6.27. The summed E-state index contributed by atoms with van der Waals surface area (Å²) in [5.74, 6) is 0.680. The van der Waals surface area contributed by atoms with Gasteiger partial charge in [0.25, 0.3) is 0 Å². The fourth-order valence-corrected chi connectivity index (χ4v) is 4.64. The quantitative estimate of drug-likeness (QED) is 0.675. The van der Waals surface area contributed by atoms with Crippen LogP contribution in [0.25, 0.3) is 0 Å². The molecule has 2 aromatic rings. The van der Waals surface area contributed by atoms with Gasteiger partial charge in [0.1, 0.15) is 5.82 Å². The Morgan fingerprint density at radius 2 is 1.76 bits per heavy atom. The van der Waals surface area contributed by atoms with E-state index in [1.807, 2.05) is 39.0 Å². The summed E-state index contributed by atoms with van der Waals surface area (Å²) < 4.78 is 2.17. The number of para-hydroxylation sites is 1. The smallest absolute Gasteiger partial charge is 0.243 e. The standard InChI is InChI=1S/C21H29N5O2S/c1-14-8-7-9-15(2)20(14)23-18(27)12-22-19(28)13-29-21-25-24-16(3)26(21)17-10-5-4-6-11-17/h7-9,17H,4-6,10-13H2,1-3H3,(H,22,28)(H,23,27). The molecule has 1 aliphatic carbocycles. The molecule has 156 valence electrons. The number of carbonyl (C=O) groups excluding carboxylic acids is 2. The van der Waals surface area contributed by atoms with Gasteiger partial charge in [0, 0.05) is 11.7 Å². The van der Waals surface area contributed by atoms with Crippen molar-refractivity contribution in [3.63, 3.8) is 0 Å². The van der Waals surface area contributed by atoms with Crippen LogP contribution in [0.2, 0.25) is 0 Å². The van der Waals surface area contributed by atoms with E-state index in [9.17, 15) is 9.59 Å². The third-order valence-electron chi connectivity index (χ3n) is 5.30. The summed E-state index contributed by atoms with van der Waals surface area (Å²) in [5.41, 5.74) is 2.80. The number of aryl methyl sites for hydroxylation is 3. The lowest BCUT2D eigenvalue weighted by Crippen LogP contribution is -2.34. The minimum absolute atomic E-state index is 0.0541. The van der Waals surface area contributed by atoms with Crippen molar-refractivity contribution >= 4 is 29.3 Å². The second kappa shape index (κ2) is 9.91. The van der Waals surface area contributed by atoms with Crippen LogP contribution in [0.1, 0.15) is 55.1 Å². The number of nitrogens with zero attached hydrogens (tertiary/aromatic N) is 3. The van der Waals surface area contributed by atoms with Crippen molar-refractivity contribution in [1.29, 1.82) is 0 Å². The number of hydrogen-bond donors (Lipinski definition) is 2. The molecule has 1 fully saturated rings. The Hall–Kier alpha value is -2.35. The number of aromatic nitrogens is 3. The number of thioether (sulfide) groups is 1. The third kappa shape index (κ3) is 5.59. The van der Waals surface area contributed by atoms with Crippen LogP contribution in [0.5, 0.6) is 0 Å². The third-order valence-corrected chi connectivity index (χ3v) is 6.24. The maximum Gasteiger partial charge on any atom is 0.243 e. The lowest BCUT2D eigenvalue weighted by Gasteiger charge is -2.24. The Morgan fingerprint density at radius 1 is 1.07 bits per heavy atom. The van der Waals surface area contributed by atoms with Crippen LogP contribution in [0.15, 0.2) is 23.4 Å². The number of hydrogen-bond acceptors (Lipinski definition) is 5. The molecule has 0 radical (unpaired) electrons. The summed E-state index contributed by atoms with van der Waals surface area (Å²) in [6.07, 6.45) is 6.01. The molecule has 0 atom stereocenters. The van der Waals surface area contributed by atoms with Gasteiger partial charge in [0.2, 0.25) is 11.8 Å². The average Bonchev–Trinajstić information content (AvgIpc) is 3.08. The van der Waals surface area contributed by atoms with Crippen LogP contribution in [0.3, 0.4) is 0 Å². The molecule has 1 aromatic heterocycles. The summed E-state index contributed by atoms with van der Waals surface area (Å²) in [6.45, 7) is 5.80. The maximum absolute atomic E-state index is 12.2. The first-order valence-electron chi connectivity index (χ1n) is 10.1. The fourth-order valence-electron chi connectivity index (χ4n) is 3.76. The lowest BCUT2D eigenvalue weighted by molar-refractivity contribution is -0.122. The highest BCUT2D eigenvalue weighted by atomic mass is 32.2. The van der Waals surface area contributed by atoms with E-state index in [-0.39, 0.29) is 24.1 Å². The number of amides is 2. The van der Waals surface area contributed by atoms with Crippen LogP contribution < -0.4 is 10.6 Å². The Balaban J connectivity index is 1.49. The molecule has 3 rings (SSSR count). The van der Waals surface area contributed by atoms with Crippen molar-refractivity contribution in [2.45, 2.75) is 64.1 Å². The summed E-state index contributed by atoms with van der Waals surface area (Å²) >= 11 is 1.38. The molecule has 1 saturated carbocycles. The number of rotatable bonds is 7. The van der Waals surface area contributed by atoms with Crippen molar-refractivity contribution in [3.05, 3.63) is 35.2 Å². The predicted molar refractivity (Wildman–Crippen MR) is 115 cm³/mol. The largest absolute Gasteiger partial charge is 0.346 e. The van der Waals surface area contributed by atoms with Gasteiger partial charge in [-0.1, -0.05) is 49.2 Å². The molecular weight excluding hydrogens is 386 g/mol. The molecule has 8 heteroatoms. The number of anilines is 1. The van der Waals surface area contributed by atoms with E-state index < -0.39 is 0 Å². The van der Waals surface area contributed by atoms with E-state index in [0.717, 1.165) is 40.6 Å². The first kappa shape index (κ1) is 21.4. The normalized spacial score (nSPS) is 14.6. The molecule has 29 heavy (non-hydrogen) atoms. The minimum Gasteiger partial charge on any atom is -0.346 e. The van der Waals surface area contributed by atoms with Crippen molar-refractivity contribution in [1.82, 2.24) is 20.1 Å². The topological polar surface area (TPSA) is 88.9 Å². The van der Waals surface area contributed by atoms with Crippen LogP contribution >= 0.6 is 11.8 Å². The Kier molecular flexibility index (Phi) is 7.30. The second-order valence-corrected chi connectivity index (χ2v) is 8.51. The Labute approximate surface area is 176 Å². The first-order chi connectivity index (χ1) is 14.0. The SMILES string of the molecule is Cc1cccc(C)c1NC(=O)CNC(=O)CSc1nnc(C)n1C1CCCCC1. The molecule has 1 heterocycles. The van der Waals surface area contributed by atoms with Crippen molar-refractivity contribution < 1.29 is 9.59 Å². The summed E-state index contributed by atoms with van der Waals surface area (Å²) in [5, 5.41) is 14.8. The number of benzene rings is 1. The molecule has 0 aliphatic heterocycles. The molecule has 0 unspecified atom stereocenters. The van der Waals surface area contributed by atoms with Gasteiger partial charge in [-0.3, -0.25) is 9.59 Å². The predicted octanol–water partition coefficient (Wildman–Crippen LogP) is 3.56. The van der Waals surface area contributed by atoms with Gasteiger partial charge in [-0.05, 0) is 44.7 Å². The first-order valence-corrected chi connectivity index (χ1v) is 11.1. The van der Waals surface area contributed by atoms with E-state index in [1.54, 1.807) is 0 Å². The van der Waals surface area contributed by atoms with Gasteiger partial charge < -0.3 is 15.2 Å². The lowest BCUT2D eigenvalue weighted by atomic mass is 9.95. The second-order valence-electron chi connectivity index (χ2n) is 7.57. The van der Waals surface area contributed by atoms with Crippen molar-refractivity contribution in [3.8, 4) is 0 Å². The van der Waals surface area contributed by atoms with E-state index in [4.69, 9.17) is 0 Å². The Bertz CT molecular complexity index is 854. The molecule has 2 amide bonds. The van der Waals surface area contributed by atoms with Crippen LogP contribution in [0, 0.1) is 20.8 Å². The summed E-state index contributed by atoms with van der Waals surface area (Å²) in [4.78, 5) is 24.4.